The SMILES string of the molecule is [2H]C[C@]12O[C@@H](n3cc(C)c(=O)[nH]c3=O)[C@H](OC13CC3)[C@@H]2OP(OCCC#N)N(C(C)C)C(C)C. The van der Waals surface area contributed by atoms with Gasteiger partial charge in [0, 0.05) is 25.2 Å². The number of nitrogens with one attached hydrogen (secondary N) is 1. The summed E-state index contributed by atoms with van der Waals surface area (Å²) in [6.07, 6.45) is 1.05. The number of ether oxygens (including phenoxy) is 2. The Balaban J connectivity index is 1.70. The van der Waals surface area contributed by atoms with E-state index in [-0.39, 0.29) is 32.0 Å². The molecule has 1 aromatic heterocycles. The predicted molar refractivity (Wildman–Crippen MR) is 122 cm³/mol. The quantitative estimate of drug-likeness (QED) is 0.422. The van der Waals surface area contributed by atoms with Crippen LogP contribution in [0.4, 0.5) is 0 Å². The summed E-state index contributed by atoms with van der Waals surface area (Å²) in [6, 6.07) is 2.31. The van der Waals surface area contributed by atoms with Gasteiger partial charge in [0.15, 0.2) is 6.23 Å². The van der Waals surface area contributed by atoms with Gasteiger partial charge in [0.2, 0.25) is 0 Å². The minimum atomic E-state index is -1.60. The molecular weight excluding hydrogens is 447 g/mol. The first-order valence-corrected chi connectivity index (χ1v) is 12.5. The van der Waals surface area contributed by atoms with E-state index in [1.165, 1.54) is 10.8 Å². The molecule has 2 saturated heterocycles. The molecule has 5 atom stereocenters. The number of hydrogen-bond donors (Lipinski definition) is 1. The second-order valence-electron chi connectivity index (χ2n) is 9.53. The highest BCUT2D eigenvalue weighted by Crippen LogP contribution is 2.67. The molecule has 182 valence electrons. The lowest BCUT2D eigenvalue weighted by molar-refractivity contribution is -0.218. The summed E-state index contributed by atoms with van der Waals surface area (Å²) in [5.74, 6) is 0. The zero-order chi connectivity index (χ0) is 24.8. The van der Waals surface area contributed by atoms with Crippen LogP contribution in [0.15, 0.2) is 15.8 Å². The molecule has 0 radical (unpaired) electrons. The van der Waals surface area contributed by atoms with Crippen LogP contribution in [0.25, 0.3) is 0 Å². The molecule has 10 nitrogen and oxygen atoms in total. The second kappa shape index (κ2) is 8.88. The molecule has 1 saturated carbocycles. The molecule has 2 aliphatic heterocycles. The lowest BCUT2D eigenvalue weighted by atomic mass is 9.93. The van der Waals surface area contributed by atoms with Crippen molar-refractivity contribution in [1.29, 1.82) is 5.26 Å². The van der Waals surface area contributed by atoms with E-state index in [0.29, 0.717) is 5.56 Å². The fourth-order valence-electron chi connectivity index (χ4n) is 4.79. The van der Waals surface area contributed by atoms with Crippen LogP contribution in [-0.4, -0.2) is 56.3 Å². The zero-order valence-electron chi connectivity index (χ0n) is 20.7. The minimum absolute atomic E-state index is 0.105. The van der Waals surface area contributed by atoms with Crippen LogP contribution in [0.2, 0.25) is 0 Å². The fourth-order valence-corrected chi connectivity index (χ4v) is 6.58. The number of aromatic amines is 1. The first-order valence-electron chi connectivity index (χ1n) is 12.0. The molecule has 0 aromatic carbocycles. The Labute approximate surface area is 196 Å². The Morgan fingerprint density at radius 2 is 2.06 bits per heavy atom. The van der Waals surface area contributed by atoms with E-state index in [9.17, 15) is 9.59 Å². The number of aryl methyl sites for hydroxylation is 1. The molecule has 4 rings (SSSR count). The number of fused-ring (bicyclic) bond motifs is 3. The molecule has 3 heterocycles. The van der Waals surface area contributed by atoms with Gasteiger partial charge in [-0.15, -0.1) is 0 Å². The van der Waals surface area contributed by atoms with Crippen molar-refractivity contribution in [1.82, 2.24) is 14.2 Å². The topological polar surface area (TPSA) is 119 Å². The molecule has 1 aliphatic carbocycles. The van der Waals surface area contributed by atoms with E-state index < -0.39 is 49.4 Å². The number of nitrogens with zero attached hydrogens (tertiary/aromatic N) is 3. The maximum atomic E-state index is 12.6. The number of rotatable bonds is 9. The molecule has 1 aromatic rings. The van der Waals surface area contributed by atoms with Crippen LogP contribution in [0, 0.1) is 18.3 Å². The van der Waals surface area contributed by atoms with Crippen molar-refractivity contribution in [3.63, 3.8) is 0 Å². The largest absolute Gasteiger partial charge is 0.361 e. The molecule has 1 N–H and O–H groups in total. The lowest BCUT2D eigenvalue weighted by Gasteiger charge is -2.39. The standard InChI is InChI=1S/C22H33N4O6P/c1-13(2)26(14(3)4)33(29-11-7-10-23)32-17-16-19(25-12-15(5)18(27)24-20(25)28)31-21(17,6)22(30-16)8-9-22/h12-14,16-17,19H,7-9,11H2,1-6H3,(H,24,27,28)/t16-,17+,19-,21-,33?/m1/s1/i6D. The molecule has 2 bridgehead atoms. The number of aromatic nitrogens is 2. The summed E-state index contributed by atoms with van der Waals surface area (Å²) in [5.41, 5.74) is -2.36. The normalized spacial score (nSPS) is 30.9. The van der Waals surface area contributed by atoms with E-state index in [0.717, 1.165) is 12.8 Å². The monoisotopic (exact) mass is 481 g/mol. The van der Waals surface area contributed by atoms with Crippen LogP contribution in [-0.2, 0) is 18.5 Å². The van der Waals surface area contributed by atoms with Crippen LogP contribution in [0.1, 0.15) is 67.0 Å². The molecule has 0 amide bonds. The Morgan fingerprint density at radius 3 is 2.64 bits per heavy atom. The maximum Gasteiger partial charge on any atom is 0.330 e. The highest BCUT2D eigenvalue weighted by Gasteiger charge is 2.77. The van der Waals surface area contributed by atoms with Crippen molar-refractivity contribution >= 4 is 8.53 Å². The number of H-pyrrole nitrogens is 1. The third-order valence-electron chi connectivity index (χ3n) is 6.49. The third-order valence-corrected chi connectivity index (χ3v) is 8.60. The van der Waals surface area contributed by atoms with Crippen molar-refractivity contribution in [3.05, 3.63) is 32.6 Å². The zero-order valence-corrected chi connectivity index (χ0v) is 20.6. The van der Waals surface area contributed by atoms with Gasteiger partial charge in [0.25, 0.3) is 14.1 Å². The number of nitriles is 1. The Morgan fingerprint density at radius 1 is 1.36 bits per heavy atom. The first kappa shape index (κ1) is 23.2. The van der Waals surface area contributed by atoms with Gasteiger partial charge in [-0.1, -0.05) is 0 Å². The predicted octanol–water partition coefficient (Wildman–Crippen LogP) is 2.73. The van der Waals surface area contributed by atoms with Gasteiger partial charge in [-0.05, 0) is 54.4 Å². The van der Waals surface area contributed by atoms with Gasteiger partial charge in [0.05, 0.1) is 19.1 Å². The van der Waals surface area contributed by atoms with Gasteiger partial charge in [0.1, 0.15) is 23.4 Å². The molecular formula is C22H33N4O6P. The van der Waals surface area contributed by atoms with Crippen LogP contribution in [0.5, 0.6) is 0 Å². The van der Waals surface area contributed by atoms with E-state index in [1.807, 2.05) is 0 Å². The molecule has 1 spiro atoms. The van der Waals surface area contributed by atoms with Crippen LogP contribution < -0.4 is 11.2 Å². The smallest absolute Gasteiger partial charge is 0.330 e. The third kappa shape index (κ3) is 4.09. The molecule has 3 aliphatic rings. The van der Waals surface area contributed by atoms with Crippen LogP contribution in [0.3, 0.4) is 0 Å². The average molecular weight is 482 g/mol. The lowest BCUT2D eigenvalue weighted by Crippen LogP contribution is -2.48. The highest BCUT2D eigenvalue weighted by molar-refractivity contribution is 7.44. The van der Waals surface area contributed by atoms with Crippen molar-refractivity contribution in [3.8, 4) is 6.07 Å². The number of hydrogen-bond acceptors (Lipinski definition) is 8. The van der Waals surface area contributed by atoms with Crippen molar-refractivity contribution in [2.24, 2.45) is 0 Å². The second-order valence-corrected chi connectivity index (χ2v) is 10.9. The van der Waals surface area contributed by atoms with Gasteiger partial charge < -0.3 is 18.5 Å². The van der Waals surface area contributed by atoms with Crippen molar-refractivity contribution in [2.45, 2.75) is 103 Å². The average Bonchev–Trinajstić information content (AvgIpc) is 3.42. The molecule has 3 fully saturated rings. The summed E-state index contributed by atoms with van der Waals surface area (Å²) in [6.45, 7) is 9.94. The maximum absolute atomic E-state index is 12.6. The summed E-state index contributed by atoms with van der Waals surface area (Å²) in [7, 11) is -1.60. The molecule has 33 heavy (non-hydrogen) atoms. The highest BCUT2D eigenvalue weighted by atomic mass is 31.2. The molecule has 11 heteroatoms. The van der Waals surface area contributed by atoms with Gasteiger partial charge in [-0.2, -0.15) is 5.26 Å². The summed E-state index contributed by atoms with van der Waals surface area (Å²) < 4.78 is 37.5. The molecule has 1 unspecified atom stereocenters. The summed E-state index contributed by atoms with van der Waals surface area (Å²) in [4.78, 5) is 26.9. The van der Waals surface area contributed by atoms with Gasteiger partial charge >= 0.3 is 5.69 Å². The van der Waals surface area contributed by atoms with E-state index in [4.69, 9.17) is 25.2 Å². The van der Waals surface area contributed by atoms with Crippen molar-refractivity contribution < 1.29 is 19.9 Å². The Kier molecular flexibility index (Phi) is 6.23. The van der Waals surface area contributed by atoms with Crippen molar-refractivity contribution in [2.75, 3.05) is 6.61 Å². The Hall–Kier alpha value is -1.60. The fraction of sp³-hybridized carbons (Fsp3) is 0.773. The summed E-state index contributed by atoms with van der Waals surface area (Å²) in [5, 5.41) is 9.00. The minimum Gasteiger partial charge on any atom is -0.361 e. The van der Waals surface area contributed by atoms with Gasteiger partial charge in [-0.25, -0.2) is 9.46 Å². The van der Waals surface area contributed by atoms with E-state index in [1.54, 1.807) is 6.92 Å². The van der Waals surface area contributed by atoms with Gasteiger partial charge in [-0.3, -0.25) is 14.3 Å². The first-order chi connectivity index (χ1) is 16.1. The summed E-state index contributed by atoms with van der Waals surface area (Å²) >= 11 is 0. The Bertz CT molecular complexity index is 1060. The van der Waals surface area contributed by atoms with E-state index >= 15 is 0 Å². The van der Waals surface area contributed by atoms with Crippen LogP contribution >= 0.6 is 8.53 Å². The van der Waals surface area contributed by atoms with E-state index in [2.05, 4.69) is 43.4 Å².